The van der Waals surface area contributed by atoms with Gasteiger partial charge in [-0.15, -0.1) is 11.8 Å². The number of benzene rings is 2. The third-order valence-electron chi connectivity index (χ3n) is 4.02. The second kappa shape index (κ2) is 6.57. The van der Waals surface area contributed by atoms with E-state index in [1.807, 2.05) is 37.4 Å². The van der Waals surface area contributed by atoms with Gasteiger partial charge in [-0.1, -0.05) is 11.6 Å². The molecule has 0 spiro atoms. The number of hydrogen-bond donors (Lipinski definition) is 0. The molecule has 0 saturated carbocycles. The molecule has 0 N–H and O–H groups in total. The van der Waals surface area contributed by atoms with E-state index in [1.54, 1.807) is 11.8 Å². The van der Waals surface area contributed by atoms with Crippen molar-refractivity contribution < 1.29 is 9.47 Å². The quantitative estimate of drug-likeness (QED) is 0.635. The zero-order valence-corrected chi connectivity index (χ0v) is 14.9. The number of aryl methyl sites for hydroxylation is 1. The molecule has 0 bridgehead atoms. The third-order valence-corrected chi connectivity index (χ3v) is 5.25. The van der Waals surface area contributed by atoms with Crippen molar-refractivity contribution in [1.82, 2.24) is 9.55 Å². The van der Waals surface area contributed by atoms with Crippen LogP contribution in [-0.4, -0.2) is 22.8 Å². The number of halogens is 1. The number of hydrogen-bond acceptors (Lipinski definition) is 4. The lowest BCUT2D eigenvalue weighted by Gasteiger charge is -2.09. The molecule has 3 aromatic rings. The molecule has 0 aliphatic carbocycles. The minimum atomic E-state index is 0.701. The van der Waals surface area contributed by atoms with Gasteiger partial charge in [0, 0.05) is 23.4 Å². The molecular formula is C18H17ClN2O2S. The van der Waals surface area contributed by atoms with Crippen molar-refractivity contribution in [2.45, 2.75) is 17.1 Å². The molecule has 0 atom stereocenters. The summed E-state index contributed by atoms with van der Waals surface area (Å²) < 4.78 is 13.5. The van der Waals surface area contributed by atoms with Gasteiger partial charge in [0.05, 0.1) is 30.0 Å². The molecule has 4 rings (SSSR count). The standard InChI is InChI=1S/C18H17ClN2O2S/c1-21-15-5-3-12(19)9-14(15)20-18(21)11-24-13-4-6-16-17(10-13)23-8-2-7-22-16/h3-6,9-10H,2,7-8,11H2,1H3. The highest BCUT2D eigenvalue weighted by Gasteiger charge is 2.12. The summed E-state index contributed by atoms with van der Waals surface area (Å²) in [6.45, 7) is 1.41. The van der Waals surface area contributed by atoms with E-state index < -0.39 is 0 Å². The van der Waals surface area contributed by atoms with Crippen LogP contribution >= 0.6 is 23.4 Å². The lowest BCUT2D eigenvalue weighted by molar-refractivity contribution is 0.297. The Hall–Kier alpha value is -1.85. The highest BCUT2D eigenvalue weighted by Crippen LogP contribution is 2.35. The van der Waals surface area contributed by atoms with E-state index in [9.17, 15) is 0 Å². The first-order valence-electron chi connectivity index (χ1n) is 7.84. The van der Waals surface area contributed by atoms with Gasteiger partial charge in [0.1, 0.15) is 5.82 Å². The maximum Gasteiger partial charge on any atom is 0.162 e. The summed E-state index contributed by atoms with van der Waals surface area (Å²) >= 11 is 7.79. The summed E-state index contributed by atoms with van der Waals surface area (Å²) in [6, 6.07) is 11.9. The number of nitrogens with zero attached hydrogens (tertiary/aromatic N) is 2. The van der Waals surface area contributed by atoms with Gasteiger partial charge in [0.2, 0.25) is 0 Å². The molecule has 2 aromatic carbocycles. The molecule has 1 aliphatic heterocycles. The zero-order chi connectivity index (χ0) is 16.5. The average Bonchev–Trinajstić information content (AvgIpc) is 2.75. The van der Waals surface area contributed by atoms with E-state index in [1.165, 1.54) is 0 Å². The summed E-state index contributed by atoms with van der Waals surface area (Å²) in [4.78, 5) is 5.84. The number of imidazole rings is 1. The van der Waals surface area contributed by atoms with Crippen LogP contribution in [0.5, 0.6) is 11.5 Å². The Bertz CT molecular complexity index is 894. The second-order valence-electron chi connectivity index (χ2n) is 5.67. The number of thioether (sulfide) groups is 1. The van der Waals surface area contributed by atoms with Crippen molar-refractivity contribution in [2.75, 3.05) is 13.2 Å². The number of fused-ring (bicyclic) bond motifs is 2. The van der Waals surface area contributed by atoms with E-state index in [4.69, 9.17) is 26.1 Å². The lowest BCUT2D eigenvalue weighted by Crippen LogP contribution is -1.97. The van der Waals surface area contributed by atoms with E-state index in [2.05, 4.69) is 10.6 Å². The molecule has 1 aliphatic rings. The predicted molar refractivity (Wildman–Crippen MR) is 97.3 cm³/mol. The summed E-state index contributed by atoms with van der Waals surface area (Å²) in [5, 5.41) is 0.711. The van der Waals surface area contributed by atoms with Crippen LogP contribution in [0.1, 0.15) is 12.2 Å². The van der Waals surface area contributed by atoms with Crippen LogP contribution in [0.15, 0.2) is 41.3 Å². The Kier molecular flexibility index (Phi) is 4.29. The Morgan fingerprint density at radius 2 is 1.96 bits per heavy atom. The van der Waals surface area contributed by atoms with E-state index in [0.717, 1.165) is 45.4 Å². The molecule has 0 radical (unpaired) electrons. The molecule has 4 nitrogen and oxygen atoms in total. The molecule has 1 aromatic heterocycles. The summed E-state index contributed by atoms with van der Waals surface area (Å²) in [5.41, 5.74) is 2.02. The molecule has 0 unspecified atom stereocenters. The van der Waals surface area contributed by atoms with E-state index >= 15 is 0 Å². The van der Waals surface area contributed by atoms with Gasteiger partial charge < -0.3 is 14.0 Å². The van der Waals surface area contributed by atoms with Crippen molar-refractivity contribution >= 4 is 34.4 Å². The van der Waals surface area contributed by atoms with Crippen molar-refractivity contribution in [3.63, 3.8) is 0 Å². The van der Waals surface area contributed by atoms with Gasteiger partial charge >= 0.3 is 0 Å². The van der Waals surface area contributed by atoms with E-state index in [0.29, 0.717) is 18.2 Å². The molecule has 6 heteroatoms. The topological polar surface area (TPSA) is 36.3 Å². The van der Waals surface area contributed by atoms with Crippen molar-refractivity contribution in [1.29, 1.82) is 0 Å². The fraction of sp³-hybridized carbons (Fsp3) is 0.278. The van der Waals surface area contributed by atoms with Crippen LogP contribution in [0.25, 0.3) is 11.0 Å². The minimum absolute atomic E-state index is 0.701. The van der Waals surface area contributed by atoms with E-state index in [-0.39, 0.29) is 0 Å². The monoisotopic (exact) mass is 360 g/mol. The van der Waals surface area contributed by atoms with Crippen LogP contribution in [0.2, 0.25) is 5.02 Å². The highest BCUT2D eigenvalue weighted by atomic mass is 35.5. The first-order chi connectivity index (χ1) is 11.7. The van der Waals surface area contributed by atoms with Crippen molar-refractivity contribution in [3.05, 3.63) is 47.2 Å². The van der Waals surface area contributed by atoms with Gasteiger partial charge in [-0.05, 0) is 36.4 Å². The third kappa shape index (κ3) is 3.06. The van der Waals surface area contributed by atoms with Gasteiger partial charge in [0.25, 0.3) is 0 Å². The molecule has 0 fully saturated rings. The first-order valence-corrected chi connectivity index (χ1v) is 9.20. The van der Waals surface area contributed by atoms with Crippen LogP contribution in [0.3, 0.4) is 0 Å². The minimum Gasteiger partial charge on any atom is -0.490 e. The first kappa shape index (κ1) is 15.7. The SMILES string of the molecule is Cn1c(CSc2ccc3c(c2)OCCCO3)nc2cc(Cl)ccc21. The number of ether oxygens (including phenoxy) is 2. The Morgan fingerprint density at radius 3 is 2.83 bits per heavy atom. The molecular weight excluding hydrogens is 344 g/mol. The van der Waals surface area contributed by atoms with Gasteiger partial charge in [0.15, 0.2) is 11.5 Å². The lowest BCUT2D eigenvalue weighted by atomic mass is 10.3. The van der Waals surface area contributed by atoms with Crippen LogP contribution in [-0.2, 0) is 12.8 Å². The zero-order valence-electron chi connectivity index (χ0n) is 13.3. The van der Waals surface area contributed by atoms with Crippen molar-refractivity contribution in [2.24, 2.45) is 7.05 Å². The van der Waals surface area contributed by atoms with Gasteiger partial charge in [-0.25, -0.2) is 4.98 Å². The molecule has 24 heavy (non-hydrogen) atoms. The summed E-state index contributed by atoms with van der Waals surface area (Å²) in [7, 11) is 2.03. The summed E-state index contributed by atoms with van der Waals surface area (Å²) in [6.07, 6.45) is 0.916. The van der Waals surface area contributed by atoms with Gasteiger partial charge in [-0.3, -0.25) is 0 Å². The van der Waals surface area contributed by atoms with Crippen molar-refractivity contribution in [3.8, 4) is 11.5 Å². The van der Waals surface area contributed by atoms with Crippen LogP contribution < -0.4 is 9.47 Å². The molecule has 2 heterocycles. The highest BCUT2D eigenvalue weighted by molar-refractivity contribution is 7.98. The summed E-state index contributed by atoms with van der Waals surface area (Å²) in [5.74, 6) is 3.45. The normalized spacial score (nSPS) is 13.9. The Balaban J connectivity index is 1.55. The fourth-order valence-electron chi connectivity index (χ4n) is 2.73. The maximum absolute atomic E-state index is 6.05. The van der Waals surface area contributed by atoms with Crippen LogP contribution in [0, 0.1) is 0 Å². The number of rotatable bonds is 3. The molecule has 0 saturated heterocycles. The Labute approximate surface area is 149 Å². The average molecular weight is 361 g/mol. The van der Waals surface area contributed by atoms with Gasteiger partial charge in [-0.2, -0.15) is 0 Å². The predicted octanol–water partition coefficient (Wildman–Crippen LogP) is 4.68. The Morgan fingerprint density at radius 1 is 1.12 bits per heavy atom. The smallest absolute Gasteiger partial charge is 0.162 e. The molecule has 0 amide bonds. The maximum atomic E-state index is 6.05. The largest absolute Gasteiger partial charge is 0.490 e. The molecule has 124 valence electrons. The fourth-order valence-corrected chi connectivity index (χ4v) is 3.81. The number of aromatic nitrogens is 2. The van der Waals surface area contributed by atoms with Crippen LogP contribution in [0.4, 0.5) is 0 Å². The second-order valence-corrected chi connectivity index (χ2v) is 7.15.